The lowest BCUT2D eigenvalue weighted by Crippen LogP contribution is -2.37. The minimum absolute atomic E-state index is 0.159. The van der Waals surface area contributed by atoms with Gasteiger partial charge in [-0.15, -0.1) is 13.2 Å². The van der Waals surface area contributed by atoms with Crippen molar-refractivity contribution in [3.63, 3.8) is 0 Å². The van der Waals surface area contributed by atoms with Crippen molar-refractivity contribution in [3.05, 3.63) is 29.8 Å². The zero-order chi connectivity index (χ0) is 19.3. The fraction of sp³-hybridized carbons (Fsp3) is 0.588. The molecule has 0 aliphatic rings. The average molecular weight is 377 g/mol. The first-order chi connectivity index (χ1) is 12.5. The number of unbranched alkanes of at least 4 members (excludes halogenated alkanes) is 1. The Labute approximate surface area is 151 Å². The first-order valence-electron chi connectivity index (χ1n) is 8.31. The van der Waals surface area contributed by atoms with E-state index in [-0.39, 0.29) is 12.3 Å². The van der Waals surface area contributed by atoms with E-state index in [0.717, 1.165) is 12.8 Å². The van der Waals surface area contributed by atoms with Crippen molar-refractivity contribution in [2.24, 2.45) is 4.99 Å². The second kappa shape index (κ2) is 12.4. The first kappa shape index (κ1) is 22.0. The van der Waals surface area contributed by atoms with Crippen LogP contribution in [0.2, 0.25) is 0 Å². The summed E-state index contributed by atoms with van der Waals surface area (Å²) >= 11 is 0. The predicted octanol–water partition coefficient (Wildman–Crippen LogP) is 2.69. The standard InChI is InChI=1S/C17H26F3N3O3/c1-21-16(22-9-5-6-10-25-12-11-24-2)23-13-14-7-3-4-8-15(14)26-17(18,19)20/h3-4,7-8H,5-6,9-13H2,1-2H3,(H2,21,22,23). The summed E-state index contributed by atoms with van der Waals surface area (Å²) in [5, 5.41) is 6.08. The summed E-state index contributed by atoms with van der Waals surface area (Å²) < 4.78 is 51.6. The molecule has 1 rings (SSSR count). The van der Waals surface area contributed by atoms with Gasteiger partial charge >= 0.3 is 6.36 Å². The van der Waals surface area contributed by atoms with Gasteiger partial charge in [0.2, 0.25) is 0 Å². The van der Waals surface area contributed by atoms with Gasteiger partial charge in [0.15, 0.2) is 5.96 Å². The van der Waals surface area contributed by atoms with Crippen molar-refractivity contribution in [2.75, 3.05) is 40.5 Å². The van der Waals surface area contributed by atoms with Crippen LogP contribution in [0, 0.1) is 0 Å². The smallest absolute Gasteiger partial charge is 0.405 e. The summed E-state index contributed by atoms with van der Waals surface area (Å²) in [6.07, 6.45) is -2.96. The van der Waals surface area contributed by atoms with E-state index in [9.17, 15) is 13.2 Å². The lowest BCUT2D eigenvalue weighted by atomic mass is 10.2. The number of benzene rings is 1. The van der Waals surface area contributed by atoms with E-state index >= 15 is 0 Å². The molecule has 0 saturated carbocycles. The highest BCUT2D eigenvalue weighted by Gasteiger charge is 2.31. The van der Waals surface area contributed by atoms with Crippen LogP contribution in [-0.4, -0.2) is 52.8 Å². The van der Waals surface area contributed by atoms with Crippen LogP contribution >= 0.6 is 0 Å². The van der Waals surface area contributed by atoms with E-state index < -0.39 is 6.36 Å². The van der Waals surface area contributed by atoms with Gasteiger partial charge in [-0.2, -0.15) is 0 Å². The van der Waals surface area contributed by atoms with E-state index in [4.69, 9.17) is 9.47 Å². The summed E-state index contributed by atoms with van der Waals surface area (Å²) in [5.41, 5.74) is 0.388. The van der Waals surface area contributed by atoms with Gasteiger partial charge < -0.3 is 24.8 Å². The summed E-state index contributed by atoms with van der Waals surface area (Å²) in [6, 6.07) is 6.00. The van der Waals surface area contributed by atoms with Gasteiger partial charge in [-0.25, -0.2) is 0 Å². The molecule has 26 heavy (non-hydrogen) atoms. The maximum atomic E-state index is 12.4. The van der Waals surface area contributed by atoms with Gasteiger partial charge in [-0.3, -0.25) is 4.99 Å². The number of methoxy groups -OCH3 is 1. The number of aliphatic imine (C=N–C) groups is 1. The highest BCUT2D eigenvalue weighted by atomic mass is 19.4. The molecule has 0 bridgehead atoms. The number of hydrogen-bond donors (Lipinski definition) is 2. The molecule has 0 aliphatic carbocycles. The molecular formula is C17H26F3N3O3. The molecular weight excluding hydrogens is 351 g/mol. The molecule has 0 aromatic heterocycles. The Kier molecular flexibility index (Phi) is 10.5. The highest BCUT2D eigenvalue weighted by molar-refractivity contribution is 5.79. The number of guanidine groups is 1. The van der Waals surface area contributed by atoms with Crippen LogP contribution in [-0.2, 0) is 16.0 Å². The van der Waals surface area contributed by atoms with E-state index in [1.54, 1.807) is 26.3 Å². The van der Waals surface area contributed by atoms with Crippen LogP contribution in [0.1, 0.15) is 18.4 Å². The maximum Gasteiger partial charge on any atom is 0.573 e. The molecule has 0 unspecified atom stereocenters. The minimum atomic E-state index is -4.72. The van der Waals surface area contributed by atoms with Gasteiger partial charge in [-0.1, -0.05) is 18.2 Å². The SMILES string of the molecule is CN=C(NCCCCOCCOC)NCc1ccccc1OC(F)(F)F. The molecule has 0 radical (unpaired) electrons. The van der Waals surface area contributed by atoms with Gasteiger partial charge in [0.1, 0.15) is 5.75 Å². The van der Waals surface area contributed by atoms with Crippen molar-refractivity contribution in [1.82, 2.24) is 10.6 Å². The van der Waals surface area contributed by atoms with Gasteiger partial charge in [-0.05, 0) is 18.9 Å². The maximum absolute atomic E-state index is 12.4. The zero-order valence-electron chi connectivity index (χ0n) is 15.1. The molecule has 0 spiro atoms. The van der Waals surface area contributed by atoms with Crippen LogP contribution in [0.25, 0.3) is 0 Å². The number of nitrogens with one attached hydrogen (secondary N) is 2. The Balaban J connectivity index is 2.32. The Hall–Kier alpha value is -2.00. The number of halogens is 3. The molecule has 9 heteroatoms. The number of hydrogen-bond acceptors (Lipinski definition) is 4. The normalized spacial score (nSPS) is 12.1. The molecule has 148 valence electrons. The lowest BCUT2D eigenvalue weighted by molar-refractivity contribution is -0.274. The lowest BCUT2D eigenvalue weighted by Gasteiger charge is -2.15. The third kappa shape index (κ3) is 10.1. The largest absolute Gasteiger partial charge is 0.573 e. The number of rotatable bonds is 11. The van der Waals surface area contributed by atoms with Crippen LogP contribution in [0.15, 0.2) is 29.3 Å². The molecule has 0 aliphatic heterocycles. The average Bonchev–Trinajstić information content (AvgIpc) is 2.59. The van der Waals surface area contributed by atoms with Crippen LogP contribution in [0.4, 0.5) is 13.2 Å². The Morgan fingerprint density at radius 1 is 1.08 bits per heavy atom. The molecule has 0 atom stereocenters. The first-order valence-corrected chi connectivity index (χ1v) is 8.31. The van der Waals surface area contributed by atoms with Crippen molar-refractivity contribution in [1.29, 1.82) is 0 Å². The molecule has 0 amide bonds. The van der Waals surface area contributed by atoms with Crippen molar-refractivity contribution in [3.8, 4) is 5.75 Å². The monoisotopic (exact) mass is 377 g/mol. The van der Waals surface area contributed by atoms with E-state index in [1.807, 2.05) is 0 Å². The summed E-state index contributed by atoms with van der Waals surface area (Å²) in [5.74, 6) is 0.281. The van der Waals surface area contributed by atoms with Crippen LogP contribution in [0.3, 0.4) is 0 Å². The minimum Gasteiger partial charge on any atom is -0.405 e. The topological polar surface area (TPSA) is 64.1 Å². The second-order valence-electron chi connectivity index (χ2n) is 5.32. The van der Waals surface area contributed by atoms with Gasteiger partial charge in [0.05, 0.1) is 13.2 Å². The Bertz CT molecular complexity index is 539. The Morgan fingerprint density at radius 2 is 1.85 bits per heavy atom. The number of alkyl halides is 3. The van der Waals surface area contributed by atoms with Crippen molar-refractivity contribution >= 4 is 5.96 Å². The summed E-state index contributed by atoms with van der Waals surface area (Å²) in [7, 11) is 3.22. The number of para-hydroxylation sites is 1. The second-order valence-corrected chi connectivity index (χ2v) is 5.32. The molecule has 0 fully saturated rings. The molecule has 2 N–H and O–H groups in total. The summed E-state index contributed by atoms with van der Waals surface area (Å²) in [6.45, 7) is 2.64. The van der Waals surface area contributed by atoms with Crippen LogP contribution in [0.5, 0.6) is 5.75 Å². The van der Waals surface area contributed by atoms with E-state index in [2.05, 4.69) is 20.4 Å². The number of nitrogens with zero attached hydrogens (tertiary/aromatic N) is 1. The van der Waals surface area contributed by atoms with E-state index in [1.165, 1.54) is 12.1 Å². The third-order valence-electron chi connectivity index (χ3n) is 3.31. The van der Waals surface area contributed by atoms with Gasteiger partial charge in [0.25, 0.3) is 0 Å². The zero-order valence-corrected chi connectivity index (χ0v) is 15.1. The molecule has 0 heterocycles. The number of ether oxygens (including phenoxy) is 3. The fourth-order valence-corrected chi connectivity index (χ4v) is 2.05. The van der Waals surface area contributed by atoms with Crippen molar-refractivity contribution < 1.29 is 27.4 Å². The predicted molar refractivity (Wildman–Crippen MR) is 93.3 cm³/mol. The van der Waals surface area contributed by atoms with Crippen LogP contribution < -0.4 is 15.4 Å². The fourth-order valence-electron chi connectivity index (χ4n) is 2.05. The molecule has 6 nitrogen and oxygen atoms in total. The third-order valence-corrected chi connectivity index (χ3v) is 3.31. The molecule has 1 aromatic rings. The quantitative estimate of drug-likeness (QED) is 0.353. The van der Waals surface area contributed by atoms with Gasteiger partial charge in [0, 0.05) is 39.4 Å². The molecule has 1 aromatic carbocycles. The van der Waals surface area contributed by atoms with Crippen molar-refractivity contribution in [2.45, 2.75) is 25.7 Å². The van der Waals surface area contributed by atoms with E-state index in [0.29, 0.717) is 37.9 Å². The Morgan fingerprint density at radius 3 is 2.54 bits per heavy atom. The molecule has 0 saturated heterocycles. The highest BCUT2D eigenvalue weighted by Crippen LogP contribution is 2.25. The summed E-state index contributed by atoms with van der Waals surface area (Å²) in [4.78, 5) is 4.05.